The molecule has 0 aliphatic carbocycles. The van der Waals surface area contributed by atoms with Crippen molar-refractivity contribution in [1.82, 2.24) is 9.38 Å². The number of fused-ring (bicyclic) bond motifs is 6. The fourth-order valence-corrected chi connectivity index (χ4v) is 4.38. The van der Waals surface area contributed by atoms with Crippen molar-refractivity contribution >= 4 is 27.3 Å². The number of aromatic nitrogens is 2. The number of imidazole rings is 1. The number of pyridine rings is 1. The van der Waals surface area contributed by atoms with Crippen molar-refractivity contribution in [2.45, 2.75) is 40.4 Å². The number of rotatable bonds is 5. The van der Waals surface area contributed by atoms with Gasteiger partial charge in [-0.3, -0.25) is 4.40 Å². The van der Waals surface area contributed by atoms with Crippen LogP contribution in [-0.2, 0) is 12.7 Å². The Balaban J connectivity index is 1.97. The number of hydrogen-bond acceptors (Lipinski definition) is 1. The molecule has 0 saturated carbocycles. The van der Waals surface area contributed by atoms with Crippen LogP contribution in [0.3, 0.4) is 0 Å². The lowest BCUT2D eigenvalue weighted by molar-refractivity contribution is 0.637. The van der Waals surface area contributed by atoms with E-state index in [-0.39, 0.29) is 5.56 Å². The van der Waals surface area contributed by atoms with E-state index in [1.807, 2.05) is 52.9 Å². The highest BCUT2D eigenvalue weighted by molar-refractivity contribution is 6.12. The minimum atomic E-state index is -2.55. The summed E-state index contributed by atoms with van der Waals surface area (Å²) in [6.07, 6.45) is -2.44. The van der Waals surface area contributed by atoms with Crippen molar-refractivity contribution in [1.29, 1.82) is 0 Å². The van der Waals surface area contributed by atoms with Crippen LogP contribution < -0.4 is 0 Å². The van der Waals surface area contributed by atoms with Crippen LogP contribution in [0.2, 0.25) is 0 Å². The largest absolute Gasteiger partial charge is 0.292 e. The van der Waals surface area contributed by atoms with Gasteiger partial charge in [0, 0.05) is 25.9 Å². The molecular formula is C29H30N2. The van der Waals surface area contributed by atoms with E-state index in [2.05, 4.69) is 0 Å². The molecule has 2 heteroatoms. The number of nitrogens with zero attached hydrogens (tertiary/aromatic N) is 2. The molecule has 0 aliphatic rings. The van der Waals surface area contributed by atoms with Gasteiger partial charge in [0.2, 0.25) is 0 Å². The van der Waals surface area contributed by atoms with Crippen LogP contribution in [0.5, 0.6) is 0 Å². The van der Waals surface area contributed by atoms with E-state index < -0.39 is 31.4 Å². The van der Waals surface area contributed by atoms with Crippen molar-refractivity contribution in [3.63, 3.8) is 0 Å². The van der Waals surface area contributed by atoms with E-state index in [1.54, 1.807) is 38.2 Å². The highest BCUT2D eigenvalue weighted by Crippen LogP contribution is 2.36. The Morgan fingerprint density at radius 2 is 1.45 bits per heavy atom. The Kier molecular flexibility index (Phi) is 3.37. The molecule has 5 rings (SSSR count). The first kappa shape index (κ1) is 13.3. The monoisotopic (exact) mass is 413 g/mol. The van der Waals surface area contributed by atoms with Gasteiger partial charge in [-0.2, -0.15) is 0 Å². The number of benzene rings is 3. The van der Waals surface area contributed by atoms with E-state index in [9.17, 15) is 0 Å². The molecule has 2 aromatic heterocycles. The molecule has 156 valence electrons. The molecule has 0 spiro atoms. The predicted molar refractivity (Wildman–Crippen MR) is 133 cm³/mol. The topological polar surface area (TPSA) is 17.3 Å². The maximum atomic E-state index is 9.04. The molecule has 0 fully saturated rings. The van der Waals surface area contributed by atoms with Gasteiger partial charge in [-0.1, -0.05) is 88.3 Å². The van der Waals surface area contributed by atoms with Crippen LogP contribution >= 0.6 is 0 Å². The Morgan fingerprint density at radius 1 is 0.806 bits per heavy atom. The second-order valence-electron chi connectivity index (χ2n) is 8.26. The van der Waals surface area contributed by atoms with Crippen molar-refractivity contribution in [3.05, 3.63) is 84.1 Å². The van der Waals surface area contributed by atoms with Gasteiger partial charge in [0.1, 0.15) is 5.65 Å². The summed E-state index contributed by atoms with van der Waals surface area (Å²) in [5.41, 5.74) is 2.85. The minimum absolute atomic E-state index is 0.141. The lowest BCUT2D eigenvalue weighted by Gasteiger charge is -2.19. The quantitative estimate of drug-likeness (QED) is 0.270. The summed E-state index contributed by atoms with van der Waals surface area (Å²) in [4.78, 5) is 4.77. The van der Waals surface area contributed by atoms with E-state index in [1.165, 1.54) is 6.92 Å². The molecule has 0 amide bonds. The van der Waals surface area contributed by atoms with E-state index in [0.717, 1.165) is 21.7 Å². The van der Waals surface area contributed by atoms with Crippen molar-refractivity contribution in [3.8, 4) is 11.3 Å². The van der Waals surface area contributed by atoms with Crippen LogP contribution in [-0.4, -0.2) is 9.38 Å². The molecule has 2 heterocycles. The molecule has 5 aromatic rings. The number of para-hydroxylation sites is 1. The third-order valence-corrected chi connectivity index (χ3v) is 5.50. The molecule has 1 unspecified atom stereocenters. The zero-order chi connectivity index (χ0) is 27.6. The van der Waals surface area contributed by atoms with Gasteiger partial charge in [0.05, 0.1) is 17.4 Å². The second-order valence-corrected chi connectivity index (χ2v) is 8.26. The lowest BCUT2D eigenvalue weighted by atomic mass is 9.89. The molecule has 31 heavy (non-hydrogen) atoms. The highest BCUT2D eigenvalue weighted by Gasteiger charge is 2.19. The Morgan fingerprint density at radius 3 is 2.16 bits per heavy atom. The van der Waals surface area contributed by atoms with Crippen LogP contribution in [0.1, 0.15) is 48.3 Å². The van der Waals surface area contributed by atoms with Crippen molar-refractivity contribution < 1.29 is 9.60 Å². The Labute approximate surface area is 194 Å². The summed E-state index contributed by atoms with van der Waals surface area (Å²) >= 11 is 0. The molecule has 0 N–H and O–H groups in total. The molecular weight excluding hydrogens is 376 g/mol. The van der Waals surface area contributed by atoms with Gasteiger partial charge in [0.25, 0.3) is 0 Å². The molecule has 0 bridgehead atoms. The average molecular weight is 414 g/mol. The first-order chi connectivity index (χ1) is 17.8. The van der Waals surface area contributed by atoms with Gasteiger partial charge in [0.15, 0.2) is 0 Å². The average Bonchev–Trinajstić information content (AvgIpc) is 3.32. The lowest BCUT2D eigenvalue weighted by Crippen LogP contribution is -2.05. The van der Waals surface area contributed by atoms with Crippen molar-refractivity contribution in [2.24, 2.45) is 11.8 Å². The van der Waals surface area contributed by atoms with E-state index >= 15 is 0 Å². The van der Waals surface area contributed by atoms with Gasteiger partial charge in [-0.05, 0) is 47.2 Å². The number of hydrogen-bond donors (Lipinski definition) is 0. The summed E-state index contributed by atoms with van der Waals surface area (Å²) in [7, 11) is 0. The molecule has 0 aliphatic heterocycles. The predicted octanol–water partition coefficient (Wildman–Crippen LogP) is 7.70. The van der Waals surface area contributed by atoms with Crippen LogP contribution in [0.15, 0.2) is 72.9 Å². The maximum Gasteiger partial charge on any atom is 0.145 e. The van der Waals surface area contributed by atoms with Crippen LogP contribution in [0.4, 0.5) is 0 Å². The zero-order valence-electron chi connectivity index (χ0n) is 25.0. The highest BCUT2D eigenvalue weighted by atomic mass is 15.0. The van der Waals surface area contributed by atoms with E-state index in [4.69, 9.17) is 14.6 Å². The minimum Gasteiger partial charge on any atom is -0.292 e. The smallest absolute Gasteiger partial charge is 0.145 e. The fourth-order valence-electron chi connectivity index (χ4n) is 4.38. The third-order valence-electron chi connectivity index (χ3n) is 5.50. The SMILES string of the molecule is [2H]C([2H])([2H])C(C)C([2H])([2H])c1cccc(C([2H])([2H])C(C)C)c1-c1cnc2c3ccccc3c3ccccc3n12. The molecule has 1 atom stereocenters. The van der Waals surface area contributed by atoms with Gasteiger partial charge in [-0.15, -0.1) is 0 Å². The van der Waals surface area contributed by atoms with Gasteiger partial charge in [-0.25, -0.2) is 4.98 Å². The van der Waals surface area contributed by atoms with Gasteiger partial charge >= 0.3 is 0 Å². The zero-order valence-corrected chi connectivity index (χ0v) is 18.0. The molecule has 0 radical (unpaired) electrons. The summed E-state index contributed by atoms with van der Waals surface area (Å²) in [5, 5.41) is 2.94. The summed E-state index contributed by atoms with van der Waals surface area (Å²) in [6.45, 7) is 2.41. The van der Waals surface area contributed by atoms with Crippen LogP contribution in [0.25, 0.3) is 38.6 Å². The summed E-state index contributed by atoms with van der Waals surface area (Å²) in [6, 6.07) is 20.7. The third kappa shape index (κ3) is 3.40. The Hall–Kier alpha value is -3.13. The molecule has 2 nitrogen and oxygen atoms in total. The fraction of sp³-hybridized carbons (Fsp3) is 0.276. The normalized spacial score (nSPS) is 17.6. The standard InChI is InChI=1S/C29H30N2/c1-19(2)16-21-10-9-11-22(17-20(3)4)28(21)27-18-30-29-25-14-6-5-12-23(25)24-13-7-8-15-26(24)31(27)29/h5-15,18-20H,16-17H2,1-4H3/i1D3,16D2,17D2. The molecule has 0 saturated heterocycles. The maximum absolute atomic E-state index is 9.04. The van der Waals surface area contributed by atoms with Gasteiger partial charge < -0.3 is 0 Å². The Bertz CT molecular complexity index is 1670. The van der Waals surface area contributed by atoms with E-state index in [0.29, 0.717) is 22.5 Å². The summed E-state index contributed by atoms with van der Waals surface area (Å²) in [5.74, 6) is -1.75. The van der Waals surface area contributed by atoms with Crippen LogP contribution in [0, 0.1) is 11.8 Å². The first-order valence-corrected chi connectivity index (χ1v) is 10.7. The second kappa shape index (κ2) is 7.85. The van der Waals surface area contributed by atoms with Crippen molar-refractivity contribution in [2.75, 3.05) is 0 Å². The first-order valence-electron chi connectivity index (χ1n) is 14.2. The summed E-state index contributed by atoms with van der Waals surface area (Å²) < 4.78 is 61.9. The molecule has 3 aromatic carbocycles.